The minimum Gasteiger partial charge on any atom is -0.309 e. The van der Waals surface area contributed by atoms with E-state index in [2.05, 4.69) is 29.6 Å². The third-order valence-corrected chi connectivity index (χ3v) is 6.59. The fraction of sp³-hybridized carbons (Fsp3) is 0.750. The molecule has 2 nitrogen and oxygen atoms in total. The molecule has 0 radical (unpaired) electrons. The molecule has 0 aromatic carbocycles. The molecule has 0 spiro atoms. The molecule has 2 saturated heterocycles. The molecule has 4 heteroatoms. The molecule has 1 aromatic rings. The molecule has 3 heterocycles. The Hall–Kier alpha value is -0.0900. The molecule has 2 bridgehead atoms. The molecule has 2 aliphatic heterocycles. The van der Waals surface area contributed by atoms with Gasteiger partial charge >= 0.3 is 0 Å². The van der Waals surface area contributed by atoms with Gasteiger partial charge in [-0.3, -0.25) is 0 Å². The van der Waals surface area contributed by atoms with Crippen LogP contribution in [0, 0.1) is 5.92 Å². The predicted octanol–water partition coefficient (Wildman–Crippen LogP) is 4.32. The summed E-state index contributed by atoms with van der Waals surface area (Å²) < 4.78 is 0. The summed E-state index contributed by atoms with van der Waals surface area (Å²) >= 11 is 8.23. The third-order valence-electron chi connectivity index (χ3n) is 5.15. The monoisotopic (exact) mass is 312 g/mol. The van der Waals surface area contributed by atoms with Crippen molar-refractivity contribution in [1.29, 1.82) is 0 Å². The van der Waals surface area contributed by atoms with Crippen LogP contribution in [0.15, 0.2) is 11.4 Å². The van der Waals surface area contributed by atoms with Crippen LogP contribution in [-0.4, -0.2) is 30.6 Å². The Bertz CT molecular complexity index is 433. The smallest absolute Gasteiger partial charge is 0.0561 e. The highest BCUT2D eigenvalue weighted by molar-refractivity contribution is 7.10. The number of halogens is 1. The van der Waals surface area contributed by atoms with Crippen molar-refractivity contribution in [1.82, 2.24) is 10.2 Å². The molecule has 0 aliphatic carbocycles. The van der Waals surface area contributed by atoms with Crippen LogP contribution in [0.2, 0.25) is 5.02 Å². The molecule has 20 heavy (non-hydrogen) atoms. The number of rotatable bonds is 5. The lowest BCUT2D eigenvalue weighted by atomic mass is 9.84. The van der Waals surface area contributed by atoms with Crippen LogP contribution in [0.1, 0.15) is 49.9 Å². The van der Waals surface area contributed by atoms with Crippen molar-refractivity contribution in [3.05, 3.63) is 21.3 Å². The highest BCUT2D eigenvalue weighted by Crippen LogP contribution is 2.44. The zero-order chi connectivity index (χ0) is 14.1. The first-order chi connectivity index (χ1) is 9.70. The fourth-order valence-corrected chi connectivity index (χ4v) is 5.37. The second-order valence-electron chi connectivity index (χ2n) is 6.35. The molecule has 0 amide bonds. The summed E-state index contributed by atoms with van der Waals surface area (Å²) in [6.45, 7) is 3.32. The lowest BCUT2D eigenvalue weighted by Crippen LogP contribution is -2.43. The van der Waals surface area contributed by atoms with E-state index in [-0.39, 0.29) is 0 Å². The maximum Gasteiger partial charge on any atom is 0.0561 e. The van der Waals surface area contributed by atoms with E-state index in [1.165, 1.54) is 37.0 Å². The average Bonchev–Trinajstić information content (AvgIpc) is 2.92. The van der Waals surface area contributed by atoms with Crippen LogP contribution in [0.5, 0.6) is 0 Å². The molecule has 3 atom stereocenters. The van der Waals surface area contributed by atoms with E-state index >= 15 is 0 Å². The summed E-state index contributed by atoms with van der Waals surface area (Å²) in [5.74, 6) is 0.742. The summed E-state index contributed by atoms with van der Waals surface area (Å²) in [5, 5.41) is 6.85. The van der Waals surface area contributed by atoms with Crippen molar-refractivity contribution in [3.8, 4) is 0 Å². The van der Waals surface area contributed by atoms with Crippen LogP contribution in [0.25, 0.3) is 0 Å². The van der Waals surface area contributed by atoms with E-state index in [1.807, 2.05) is 17.4 Å². The number of nitrogens with zero attached hydrogens (tertiary/aromatic N) is 1. The number of nitrogens with one attached hydrogen (secondary N) is 1. The van der Waals surface area contributed by atoms with Gasteiger partial charge in [0.05, 0.1) is 5.02 Å². The molecular formula is C16H25ClN2S. The highest BCUT2D eigenvalue weighted by atomic mass is 35.5. The van der Waals surface area contributed by atoms with Gasteiger partial charge in [0.15, 0.2) is 0 Å². The minimum absolute atomic E-state index is 0.458. The first kappa shape index (κ1) is 14.8. The molecule has 3 unspecified atom stereocenters. The van der Waals surface area contributed by atoms with Crippen LogP contribution < -0.4 is 5.32 Å². The van der Waals surface area contributed by atoms with E-state index in [0.29, 0.717) is 6.04 Å². The number of fused-ring (bicyclic) bond motifs is 2. The Labute approximate surface area is 131 Å². The van der Waals surface area contributed by atoms with Crippen molar-refractivity contribution in [2.24, 2.45) is 5.92 Å². The van der Waals surface area contributed by atoms with Gasteiger partial charge in [-0.2, -0.15) is 0 Å². The highest BCUT2D eigenvalue weighted by Gasteiger charge is 2.41. The van der Waals surface area contributed by atoms with Gasteiger partial charge in [0.1, 0.15) is 0 Å². The van der Waals surface area contributed by atoms with Crippen molar-refractivity contribution in [3.63, 3.8) is 0 Å². The van der Waals surface area contributed by atoms with Crippen molar-refractivity contribution < 1.29 is 0 Å². The van der Waals surface area contributed by atoms with Gasteiger partial charge in [0, 0.05) is 23.0 Å². The first-order valence-electron chi connectivity index (χ1n) is 7.89. The summed E-state index contributed by atoms with van der Waals surface area (Å²) in [6.07, 6.45) is 6.59. The average molecular weight is 313 g/mol. The zero-order valence-electron chi connectivity index (χ0n) is 12.4. The van der Waals surface area contributed by atoms with E-state index in [1.54, 1.807) is 0 Å². The lowest BCUT2D eigenvalue weighted by Gasteiger charge is -2.40. The Balaban J connectivity index is 1.78. The largest absolute Gasteiger partial charge is 0.309 e. The maximum absolute atomic E-state index is 6.41. The summed E-state index contributed by atoms with van der Waals surface area (Å²) in [5.41, 5.74) is 0. The molecule has 0 saturated carbocycles. The lowest BCUT2D eigenvalue weighted by molar-refractivity contribution is 0.113. The van der Waals surface area contributed by atoms with Crippen LogP contribution in [0.3, 0.4) is 0 Å². The molecular weight excluding hydrogens is 288 g/mol. The summed E-state index contributed by atoms with van der Waals surface area (Å²) in [6, 6.07) is 4.09. The Morgan fingerprint density at radius 2 is 2.10 bits per heavy atom. The molecule has 2 aliphatic rings. The summed E-state index contributed by atoms with van der Waals surface area (Å²) in [4.78, 5) is 3.97. The van der Waals surface area contributed by atoms with Gasteiger partial charge < -0.3 is 10.2 Å². The van der Waals surface area contributed by atoms with E-state index < -0.39 is 0 Å². The van der Waals surface area contributed by atoms with Crippen molar-refractivity contribution >= 4 is 22.9 Å². The number of piperidine rings is 1. The second-order valence-corrected chi connectivity index (χ2v) is 7.70. The van der Waals surface area contributed by atoms with Crippen molar-refractivity contribution in [2.75, 3.05) is 13.6 Å². The number of thiophene rings is 1. The zero-order valence-corrected chi connectivity index (χ0v) is 14.0. The van der Waals surface area contributed by atoms with Gasteiger partial charge in [-0.15, -0.1) is 11.3 Å². The maximum atomic E-state index is 6.41. The van der Waals surface area contributed by atoms with Gasteiger partial charge in [-0.1, -0.05) is 18.5 Å². The van der Waals surface area contributed by atoms with Crippen LogP contribution in [0.4, 0.5) is 0 Å². The van der Waals surface area contributed by atoms with E-state index in [0.717, 1.165) is 29.6 Å². The SMILES string of the molecule is CCCNC(c1sccc1Cl)C1CC2CCC(C1)N2C. The van der Waals surface area contributed by atoms with E-state index in [9.17, 15) is 0 Å². The fourth-order valence-electron chi connectivity index (χ4n) is 4.03. The second kappa shape index (κ2) is 6.35. The van der Waals surface area contributed by atoms with Gasteiger partial charge in [-0.25, -0.2) is 0 Å². The van der Waals surface area contributed by atoms with Crippen LogP contribution in [-0.2, 0) is 0 Å². The Kier molecular flexibility index (Phi) is 4.71. The van der Waals surface area contributed by atoms with Gasteiger partial charge in [0.25, 0.3) is 0 Å². The predicted molar refractivity (Wildman–Crippen MR) is 87.7 cm³/mol. The van der Waals surface area contributed by atoms with Crippen molar-refractivity contribution in [2.45, 2.75) is 57.2 Å². The van der Waals surface area contributed by atoms with Gasteiger partial charge in [0.2, 0.25) is 0 Å². The van der Waals surface area contributed by atoms with Gasteiger partial charge in [-0.05, 0) is 63.1 Å². The molecule has 112 valence electrons. The number of hydrogen-bond donors (Lipinski definition) is 1. The number of hydrogen-bond acceptors (Lipinski definition) is 3. The third kappa shape index (κ3) is 2.78. The molecule has 1 aromatic heterocycles. The quantitative estimate of drug-likeness (QED) is 0.871. The topological polar surface area (TPSA) is 15.3 Å². The molecule has 2 fully saturated rings. The normalized spacial score (nSPS) is 31.6. The van der Waals surface area contributed by atoms with E-state index in [4.69, 9.17) is 11.6 Å². The molecule has 3 rings (SSSR count). The van der Waals surface area contributed by atoms with Crippen LogP contribution >= 0.6 is 22.9 Å². The standard InChI is InChI=1S/C16H25ClN2S/c1-3-7-18-15(16-14(17)6-8-20-16)11-9-12-4-5-13(10-11)19(12)2/h6,8,11-13,15,18H,3-5,7,9-10H2,1-2H3. The summed E-state index contributed by atoms with van der Waals surface area (Å²) in [7, 11) is 2.31. The minimum atomic E-state index is 0.458. The Morgan fingerprint density at radius 1 is 1.40 bits per heavy atom. The first-order valence-corrected chi connectivity index (χ1v) is 9.14. The molecule has 1 N–H and O–H groups in total. The Morgan fingerprint density at radius 3 is 2.65 bits per heavy atom.